The smallest absolute Gasteiger partial charge is 0.304 e. The van der Waals surface area contributed by atoms with Crippen molar-refractivity contribution in [3.63, 3.8) is 0 Å². The summed E-state index contributed by atoms with van der Waals surface area (Å²) in [5.74, 6) is -0.418. The summed E-state index contributed by atoms with van der Waals surface area (Å²) in [6, 6.07) is 0.668. The maximum absolute atomic E-state index is 11.0. The number of fused-ring (bicyclic) bond motifs is 2. The van der Waals surface area contributed by atoms with Gasteiger partial charge in [-0.3, -0.25) is 4.79 Å². The Kier molecular flexibility index (Phi) is 2.50. The van der Waals surface area contributed by atoms with E-state index in [0.717, 1.165) is 12.8 Å². The SMILES string of the molecule is CC(=O)OC1(N=O)CC2CCC(C1)N2C. The van der Waals surface area contributed by atoms with Gasteiger partial charge in [-0.15, -0.1) is 4.91 Å². The molecule has 2 unspecified atom stereocenters. The van der Waals surface area contributed by atoms with E-state index in [2.05, 4.69) is 17.1 Å². The van der Waals surface area contributed by atoms with Crippen molar-refractivity contribution in [1.82, 2.24) is 4.90 Å². The van der Waals surface area contributed by atoms with E-state index < -0.39 is 11.7 Å². The first-order valence-electron chi connectivity index (χ1n) is 5.32. The maximum Gasteiger partial charge on any atom is 0.304 e. The largest absolute Gasteiger partial charge is 0.434 e. The standard InChI is InChI=1S/C10H16N2O3/c1-7(13)15-10(11-14)5-8-3-4-9(6-10)12(8)2/h8-9H,3-6H2,1-2H3. The normalized spacial score (nSPS) is 40.1. The van der Waals surface area contributed by atoms with Crippen LogP contribution in [0.25, 0.3) is 0 Å². The number of nitrogens with zero attached hydrogens (tertiary/aromatic N) is 2. The highest BCUT2D eigenvalue weighted by Crippen LogP contribution is 2.42. The van der Waals surface area contributed by atoms with E-state index in [1.54, 1.807) is 0 Å². The van der Waals surface area contributed by atoms with Crippen molar-refractivity contribution in [1.29, 1.82) is 0 Å². The van der Waals surface area contributed by atoms with Crippen LogP contribution < -0.4 is 0 Å². The van der Waals surface area contributed by atoms with Gasteiger partial charge in [-0.2, -0.15) is 0 Å². The number of carbonyl (C=O) groups is 1. The van der Waals surface area contributed by atoms with Gasteiger partial charge in [0.1, 0.15) is 0 Å². The molecule has 0 aromatic carbocycles. The van der Waals surface area contributed by atoms with E-state index in [1.807, 2.05) is 0 Å². The lowest BCUT2D eigenvalue weighted by Gasteiger charge is -2.39. The molecule has 2 bridgehead atoms. The van der Waals surface area contributed by atoms with E-state index in [1.165, 1.54) is 6.92 Å². The van der Waals surface area contributed by atoms with Gasteiger partial charge >= 0.3 is 5.97 Å². The predicted octanol–water partition coefficient (Wildman–Crippen LogP) is 1.27. The molecule has 2 fully saturated rings. The van der Waals surface area contributed by atoms with Gasteiger partial charge in [0.05, 0.1) is 0 Å². The summed E-state index contributed by atoms with van der Waals surface area (Å²) >= 11 is 0. The molecule has 5 nitrogen and oxygen atoms in total. The van der Waals surface area contributed by atoms with Crippen LogP contribution >= 0.6 is 0 Å². The minimum atomic E-state index is -1.09. The summed E-state index contributed by atoms with van der Waals surface area (Å²) in [4.78, 5) is 24.1. The fourth-order valence-electron chi connectivity index (χ4n) is 2.85. The summed E-state index contributed by atoms with van der Waals surface area (Å²) in [7, 11) is 2.06. The monoisotopic (exact) mass is 212 g/mol. The van der Waals surface area contributed by atoms with Crippen molar-refractivity contribution < 1.29 is 9.53 Å². The molecule has 0 aromatic rings. The zero-order valence-electron chi connectivity index (χ0n) is 9.10. The topological polar surface area (TPSA) is 59.0 Å². The Labute approximate surface area is 88.7 Å². The Morgan fingerprint density at radius 3 is 2.33 bits per heavy atom. The summed E-state index contributed by atoms with van der Waals surface area (Å²) in [5.41, 5.74) is -1.09. The maximum atomic E-state index is 11.0. The Morgan fingerprint density at radius 1 is 1.40 bits per heavy atom. The molecular weight excluding hydrogens is 196 g/mol. The van der Waals surface area contributed by atoms with Crippen LogP contribution in [-0.4, -0.2) is 35.7 Å². The van der Waals surface area contributed by atoms with Gasteiger partial charge in [-0.1, -0.05) is 0 Å². The highest BCUT2D eigenvalue weighted by atomic mass is 16.6. The third-order valence-electron chi connectivity index (χ3n) is 3.59. The van der Waals surface area contributed by atoms with Crippen molar-refractivity contribution in [3.8, 4) is 0 Å². The molecule has 2 aliphatic rings. The highest BCUT2D eigenvalue weighted by molar-refractivity contribution is 5.66. The summed E-state index contributed by atoms with van der Waals surface area (Å²) < 4.78 is 5.11. The molecule has 0 aromatic heterocycles. The molecule has 15 heavy (non-hydrogen) atoms. The van der Waals surface area contributed by atoms with Crippen molar-refractivity contribution in [2.75, 3.05) is 7.05 Å². The minimum absolute atomic E-state index is 0.334. The Balaban J connectivity index is 2.16. The van der Waals surface area contributed by atoms with Gasteiger partial charge < -0.3 is 9.64 Å². The first-order valence-corrected chi connectivity index (χ1v) is 5.32. The first-order chi connectivity index (χ1) is 7.06. The summed E-state index contributed by atoms with van der Waals surface area (Å²) in [6.45, 7) is 1.33. The lowest BCUT2D eigenvalue weighted by molar-refractivity contribution is -0.163. The van der Waals surface area contributed by atoms with E-state index in [4.69, 9.17) is 4.74 Å². The molecule has 0 saturated carbocycles. The third kappa shape index (κ3) is 1.76. The van der Waals surface area contributed by atoms with Crippen LogP contribution in [0.4, 0.5) is 0 Å². The van der Waals surface area contributed by atoms with Crippen LogP contribution in [-0.2, 0) is 9.53 Å². The molecule has 0 spiro atoms. The fourth-order valence-corrected chi connectivity index (χ4v) is 2.85. The van der Waals surface area contributed by atoms with Gasteiger partial charge in [0, 0.05) is 31.8 Å². The zero-order chi connectivity index (χ0) is 11.1. The number of carbonyl (C=O) groups excluding carboxylic acids is 1. The molecule has 2 aliphatic heterocycles. The summed E-state index contributed by atoms with van der Waals surface area (Å²) in [6.07, 6.45) is 3.23. The molecule has 0 N–H and O–H groups in total. The molecule has 0 amide bonds. The van der Waals surface area contributed by atoms with Crippen LogP contribution in [0.1, 0.15) is 32.6 Å². The Hall–Kier alpha value is -0.970. The minimum Gasteiger partial charge on any atom is -0.434 e. The van der Waals surface area contributed by atoms with Crippen LogP contribution in [0.2, 0.25) is 0 Å². The van der Waals surface area contributed by atoms with Crippen LogP contribution in [0.3, 0.4) is 0 Å². The van der Waals surface area contributed by atoms with E-state index in [-0.39, 0.29) is 0 Å². The lowest BCUT2D eigenvalue weighted by Crippen LogP contribution is -2.50. The molecule has 2 atom stereocenters. The molecular formula is C10H16N2O3. The van der Waals surface area contributed by atoms with Gasteiger partial charge in [0.25, 0.3) is 0 Å². The fraction of sp³-hybridized carbons (Fsp3) is 0.900. The second kappa shape index (κ2) is 3.56. The van der Waals surface area contributed by atoms with E-state index >= 15 is 0 Å². The predicted molar refractivity (Wildman–Crippen MR) is 54.1 cm³/mol. The van der Waals surface area contributed by atoms with E-state index in [0.29, 0.717) is 24.9 Å². The molecule has 0 radical (unpaired) electrons. The molecule has 2 heterocycles. The molecule has 2 saturated heterocycles. The second-order valence-electron chi connectivity index (χ2n) is 4.59. The second-order valence-corrected chi connectivity index (χ2v) is 4.59. The molecule has 5 heteroatoms. The van der Waals surface area contributed by atoms with Gasteiger partial charge in [0.2, 0.25) is 5.72 Å². The number of hydrogen-bond acceptors (Lipinski definition) is 5. The number of hydrogen-bond donors (Lipinski definition) is 0. The van der Waals surface area contributed by atoms with Gasteiger partial charge in [0.15, 0.2) is 0 Å². The molecule has 0 aliphatic carbocycles. The zero-order valence-corrected chi connectivity index (χ0v) is 9.10. The van der Waals surface area contributed by atoms with Crippen LogP contribution in [0.15, 0.2) is 5.18 Å². The van der Waals surface area contributed by atoms with Crippen molar-refractivity contribution in [3.05, 3.63) is 4.91 Å². The number of ether oxygens (including phenoxy) is 1. The van der Waals surface area contributed by atoms with Crippen molar-refractivity contribution >= 4 is 5.97 Å². The average Bonchev–Trinajstić information content (AvgIpc) is 2.41. The van der Waals surface area contributed by atoms with Crippen molar-refractivity contribution in [2.24, 2.45) is 5.18 Å². The molecule has 84 valence electrons. The Morgan fingerprint density at radius 2 is 1.93 bits per heavy atom. The lowest BCUT2D eigenvalue weighted by atomic mass is 9.94. The highest BCUT2D eigenvalue weighted by Gasteiger charge is 2.50. The van der Waals surface area contributed by atoms with E-state index in [9.17, 15) is 9.70 Å². The van der Waals surface area contributed by atoms with Gasteiger partial charge in [-0.05, 0) is 25.1 Å². The quantitative estimate of drug-likeness (QED) is 0.511. The average molecular weight is 212 g/mol. The number of nitroso groups, excluding NO2 is 1. The van der Waals surface area contributed by atoms with Crippen LogP contribution in [0.5, 0.6) is 0 Å². The number of rotatable bonds is 2. The molecule has 2 rings (SSSR count). The Bertz CT molecular complexity index is 278. The number of esters is 1. The third-order valence-corrected chi connectivity index (χ3v) is 3.59. The van der Waals surface area contributed by atoms with Crippen molar-refractivity contribution in [2.45, 2.75) is 50.4 Å². The first kappa shape index (κ1) is 10.5. The van der Waals surface area contributed by atoms with Crippen LogP contribution in [0, 0.1) is 4.91 Å². The van der Waals surface area contributed by atoms with Gasteiger partial charge in [-0.25, -0.2) is 0 Å². The summed E-state index contributed by atoms with van der Waals surface area (Å²) in [5, 5.41) is 3.07. The number of piperidine rings is 1.